The fourth-order valence-electron chi connectivity index (χ4n) is 4.54. The molecule has 37 heavy (non-hydrogen) atoms. The molecule has 3 aromatic carbocycles. The van der Waals surface area contributed by atoms with Crippen LogP contribution in [0.25, 0.3) is 22.1 Å². The molecule has 2 N–H and O–H groups in total. The number of phenols is 2. The van der Waals surface area contributed by atoms with Crippen molar-refractivity contribution in [3.05, 3.63) is 88.3 Å². The van der Waals surface area contributed by atoms with E-state index in [9.17, 15) is 19.8 Å². The van der Waals surface area contributed by atoms with E-state index in [0.29, 0.717) is 23.5 Å². The highest BCUT2D eigenvalue weighted by Gasteiger charge is 2.23. The molecule has 1 aliphatic rings. The van der Waals surface area contributed by atoms with Crippen LogP contribution in [0.2, 0.25) is 0 Å². The number of carbonyl (C=O) groups is 1. The molecule has 0 aliphatic carbocycles. The summed E-state index contributed by atoms with van der Waals surface area (Å²) in [6.07, 6.45) is 3.75. The number of halogens is 1. The first kappa shape index (κ1) is 26.3. The van der Waals surface area contributed by atoms with Gasteiger partial charge in [-0.3, -0.25) is 14.5 Å². The lowest BCUT2D eigenvalue weighted by Gasteiger charge is -2.26. The summed E-state index contributed by atoms with van der Waals surface area (Å²) in [5.74, 6) is 0.0140. The highest BCUT2D eigenvalue weighted by molar-refractivity contribution is 6.11. The van der Waals surface area contributed by atoms with Gasteiger partial charge in [-0.05, 0) is 80.0 Å². The molecule has 8 heteroatoms. The number of hydrogen-bond acceptors (Lipinski definition) is 7. The quantitative estimate of drug-likeness (QED) is 0.314. The lowest BCUT2D eigenvalue weighted by atomic mass is 9.97. The van der Waals surface area contributed by atoms with Crippen molar-refractivity contribution in [3.63, 3.8) is 0 Å². The van der Waals surface area contributed by atoms with E-state index in [1.807, 2.05) is 0 Å². The zero-order chi connectivity index (χ0) is 25.1. The third-order valence-electron chi connectivity index (χ3n) is 6.48. The Morgan fingerprint density at radius 2 is 1.57 bits per heavy atom. The van der Waals surface area contributed by atoms with Crippen LogP contribution in [0.15, 0.2) is 75.9 Å². The first-order valence-electron chi connectivity index (χ1n) is 12.1. The van der Waals surface area contributed by atoms with Gasteiger partial charge in [0.05, 0.1) is 10.9 Å². The van der Waals surface area contributed by atoms with E-state index < -0.39 is 11.2 Å². The van der Waals surface area contributed by atoms with E-state index in [2.05, 4.69) is 4.90 Å². The lowest BCUT2D eigenvalue weighted by molar-refractivity contribution is 0.101. The molecule has 4 aromatic rings. The molecule has 192 valence electrons. The summed E-state index contributed by atoms with van der Waals surface area (Å²) < 4.78 is 11.8. The topological polar surface area (TPSA) is 100 Å². The molecule has 1 aliphatic heterocycles. The van der Waals surface area contributed by atoms with Crippen LogP contribution >= 0.6 is 12.4 Å². The molecule has 0 saturated carbocycles. The Labute approximate surface area is 220 Å². The summed E-state index contributed by atoms with van der Waals surface area (Å²) >= 11 is 0. The zero-order valence-electron chi connectivity index (χ0n) is 20.2. The minimum atomic E-state index is -0.472. The summed E-state index contributed by atoms with van der Waals surface area (Å²) in [4.78, 5) is 29.3. The standard InChI is InChI=1S/C29H27NO6.ClH/c31-21-8-4-19(5-9-21)26-28(34)24-13-10-22(32)18-25(24)36-29(26)27(33)20-6-11-23(12-7-20)35-17-16-30-14-2-1-3-15-30;/h4-13,18,31-32H,1-3,14-17H2;1H. The van der Waals surface area contributed by atoms with Gasteiger partial charge in [0, 0.05) is 18.2 Å². The second-order valence-electron chi connectivity index (χ2n) is 8.97. The summed E-state index contributed by atoms with van der Waals surface area (Å²) in [5, 5.41) is 19.8. The first-order valence-corrected chi connectivity index (χ1v) is 12.1. The van der Waals surface area contributed by atoms with Gasteiger partial charge in [-0.25, -0.2) is 0 Å². The maximum atomic E-state index is 13.5. The van der Waals surface area contributed by atoms with Crippen molar-refractivity contribution in [2.24, 2.45) is 0 Å². The lowest BCUT2D eigenvalue weighted by Crippen LogP contribution is -2.33. The molecule has 1 saturated heterocycles. The van der Waals surface area contributed by atoms with Crippen LogP contribution in [0.3, 0.4) is 0 Å². The van der Waals surface area contributed by atoms with Crippen LogP contribution in [0.5, 0.6) is 17.2 Å². The van der Waals surface area contributed by atoms with E-state index in [0.717, 1.165) is 19.6 Å². The van der Waals surface area contributed by atoms with Crippen molar-refractivity contribution in [2.45, 2.75) is 19.3 Å². The Kier molecular flexibility index (Phi) is 8.16. The Balaban J connectivity index is 0.00000320. The minimum Gasteiger partial charge on any atom is -0.508 e. The van der Waals surface area contributed by atoms with Gasteiger partial charge in [0.1, 0.15) is 29.4 Å². The number of ketones is 1. The molecule has 0 bridgehead atoms. The number of ether oxygens (including phenoxy) is 1. The maximum absolute atomic E-state index is 13.5. The van der Waals surface area contributed by atoms with E-state index in [-0.39, 0.29) is 46.2 Å². The Bertz CT molecular complexity index is 1440. The molecule has 2 heterocycles. The third-order valence-corrected chi connectivity index (χ3v) is 6.48. The number of benzene rings is 3. The van der Waals surface area contributed by atoms with Gasteiger partial charge in [0.15, 0.2) is 5.76 Å². The maximum Gasteiger partial charge on any atom is 0.229 e. The Morgan fingerprint density at radius 3 is 2.27 bits per heavy atom. The third kappa shape index (κ3) is 5.79. The number of nitrogens with zero attached hydrogens (tertiary/aromatic N) is 1. The predicted octanol–water partition coefficient (Wildman–Crippen LogP) is 5.39. The fourth-order valence-corrected chi connectivity index (χ4v) is 4.54. The van der Waals surface area contributed by atoms with E-state index in [4.69, 9.17) is 9.15 Å². The number of likely N-dealkylation sites (tertiary alicyclic amines) is 1. The highest BCUT2D eigenvalue weighted by atomic mass is 35.5. The van der Waals surface area contributed by atoms with Crippen LogP contribution in [-0.4, -0.2) is 47.1 Å². The number of carbonyl (C=O) groups excluding carboxylic acids is 1. The van der Waals surface area contributed by atoms with Crippen molar-refractivity contribution >= 4 is 29.2 Å². The van der Waals surface area contributed by atoms with Crippen molar-refractivity contribution in [2.75, 3.05) is 26.2 Å². The van der Waals surface area contributed by atoms with Crippen LogP contribution in [0.4, 0.5) is 0 Å². The van der Waals surface area contributed by atoms with E-state index in [1.165, 1.54) is 49.6 Å². The molecule has 0 amide bonds. The summed E-state index contributed by atoms with van der Waals surface area (Å²) in [5.41, 5.74) is 0.588. The summed E-state index contributed by atoms with van der Waals surface area (Å²) in [6, 6.07) is 16.9. The molecule has 5 rings (SSSR count). The average molecular weight is 522 g/mol. The number of phenolic OH excluding ortho intramolecular Hbond substituents is 2. The largest absolute Gasteiger partial charge is 0.508 e. The number of fused-ring (bicyclic) bond motifs is 1. The number of hydrogen-bond donors (Lipinski definition) is 2. The summed E-state index contributed by atoms with van der Waals surface area (Å²) in [6.45, 7) is 3.65. The molecular weight excluding hydrogens is 494 g/mol. The highest BCUT2D eigenvalue weighted by Crippen LogP contribution is 2.29. The van der Waals surface area contributed by atoms with Crippen LogP contribution < -0.4 is 10.2 Å². The van der Waals surface area contributed by atoms with Crippen LogP contribution in [0.1, 0.15) is 35.4 Å². The molecule has 0 unspecified atom stereocenters. The SMILES string of the molecule is Cl.O=C(c1ccc(OCCN2CCCCC2)cc1)c1oc2cc(O)ccc2c(=O)c1-c1ccc(O)cc1. The smallest absolute Gasteiger partial charge is 0.229 e. The van der Waals surface area contributed by atoms with Crippen LogP contribution in [-0.2, 0) is 0 Å². The monoisotopic (exact) mass is 521 g/mol. The van der Waals surface area contributed by atoms with Crippen molar-refractivity contribution in [1.29, 1.82) is 0 Å². The number of aromatic hydroxyl groups is 2. The average Bonchev–Trinajstić information content (AvgIpc) is 2.90. The first-order chi connectivity index (χ1) is 17.5. The second kappa shape index (κ2) is 11.5. The summed E-state index contributed by atoms with van der Waals surface area (Å²) in [7, 11) is 0. The zero-order valence-corrected chi connectivity index (χ0v) is 21.0. The molecule has 0 radical (unpaired) electrons. The minimum absolute atomic E-state index is 0. The fraction of sp³-hybridized carbons (Fsp3) is 0.241. The van der Waals surface area contributed by atoms with Crippen molar-refractivity contribution in [3.8, 4) is 28.4 Å². The Hall–Kier alpha value is -3.81. The molecule has 1 aromatic heterocycles. The molecule has 0 atom stereocenters. The molecule has 0 spiro atoms. The second-order valence-corrected chi connectivity index (χ2v) is 8.97. The van der Waals surface area contributed by atoms with E-state index in [1.54, 1.807) is 36.4 Å². The van der Waals surface area contributed by atoms with Crippen LogP contribution in [0, 0.1) is 0 Å². The number of piperidine rings is 1. The number of rotatable bonds is 7. The van der Waals surface area contributed by atoms with Gasteiger partial charge in [-0.1, -0.05) is 18.6 Å². The van der Waals surface area contributed by atoms with Gasteiger partial charge in [-0.2, -0.15) is 0 Å². The van der Waals surface area contributed by atoms with E-state index >= 15 is 0 Å². The van der Waals surface area contributed by atoms with Crippen molar-refractivity contribution < 1.29 is 24.2 Å². The van der Waals surface area contributed by atoms with Gasteiger partial charge in [-0.15, -0.1) is 12.4 Å². The van der Waals surface area contributed by atoms with Crippen molar-refractivity contribution in [1.82, 2.24) is 4.90 Å². The van der Waals surface area contributed by atoms with Gasteiger partial charge >= 0.3 is 0 Å². The normalized spacial score (nSPS) is 13.7. The van der Waals surface area contributed by atoms with Gasteiger partial charge in [0.25, 0.3) is 0 Å². The molecular formula is C29H28ClNO6. The Morgan fingerprint density at radius 1 is 0.892 bits per heavy atom. The molecule has 1 fully saturated rings. The van der Waals surface area contributed by atoms with Gasteiger partial charge < -0.3 is 19.4 Å². The van der Waals surface area contributed by atoms with Gasteiger partial charge in [0.2, 0.25) is 11.2 Å². The molecule has 7 nitrogen and oxygen atoms in total. The predicted molar refractivity (Wildman–Crippen MR) is 144 cm³/mol.